The van der Waals surface area contributed by atoms with E-state index in [2.05, 4.69) is 20.4 Å². The second-order valence-electron chi connectivity index (χ2n) is 11.9. The molecule has 0 saturated carbocycles. The van der Waals surface area contributed by atoms with Crippen molar-refractivity contribution in [3.63, 3.8) is 0 Å². The van der Waals surface area contributed by atoms with Crippen molar-refractivity contribution in [2.45, 2.75) is 44.7 Å². The van der Waals surface area contributed by atoms with Crippen molar-refractivity contribution >= 4 is 35.1 Å². The summed E-state index contributed by atoms with van der Waals surface area (Å²) in [6, 6.07) is 12.7. The van der Waals surface area contributed by atoms with Crippen LogP contribution in [0.4, 0.5) is 19.4 Å². The molecule has 17 heteroatoms. The van der Waals surface area contributed by atoms with Crippen molar-refractivity contribution in [2.75, 3.05) is 25.5 Å². The molecule has 3 atom stereocenters. The zero-order valence-corrected chi connectivity index (χ0v) is 29.5. The van der Waals surface area contributed by atoms with Gasteiger partial charge in [-0.25, -0.2) is 23.5 Å². The molecule has 0 aliphatic rings. The van der Waals surface area contributed by atoms with E-state index in [1.807, 2.05) is 0 Å². The van der Waals surface area contributed by atoms with Gasteiger partial charge in [0.15, 0.2) is 0 Å². The smallest absolute Gasteiger partial charge is 0.418 e. The van der Waals surface area contributed by atoms with Crippen LogP contribution in [0.5, 0.6) is 0 Å². The monoisotopic (exact) mass is 735 g/mol. The molecule has 2 amide bonds. The summed E-state index contributed by atoms with van der Waals surface area (Å²) in [5.41, 5.74) is 5.04. The van der Waals surface area contributed by atoms with Gasteiger partial charge in [-0.05, 0) is 43.4 Å². The number of halogens is 2. The quantitative estimate of drug-likeness (QED) is 0.112. The van der Waals surface area contributed by atoms with Crippen LogP contribution in [0.2, 0.25) is 0 Å². The van der Waals surface area contributed by atoms with Crippen LogP contribution < -0.4 is 20.5 Å². The fourth-order valence-electron chi connectivity index (χ4n) is 5.34. The second-order valence-corrected chi connectivity index (χ2v) is 12.8. The van der Waals surface area contributed by atoms with E-state index in [0.29, 0.717) is 27.4 Å². The number of benzene rings is 2. The average molecular weight is 736 g/mol. The average Bonchev–Trinajstić information content (AvgIpc) is 3.82. The van der Waals surface area contributed by atoms with Crippen molar-refractivity contribution in [1.82, 2.24) is 25.1 Å². The van der Waals surface area contributed by atoms with Gasteiger partial charge in [0.25, 0.3) is 6.33 Å². The van der Waals surface area contributed by atoms with Gasteiger partial charge in [0, 0.05) is 58.8 Å². The van der Waals surface area contributed by atoms with Gasteiger partial charge in [0.2, 0.25) is 18.5 Å². The van der Waals surface area contributed by atoms with Gasteiger partial charge in [-0.2, -0.15) is 4.57 Å². The van der Waals surface area contributed by atoms with Crippen LogP contribution in [-0.2, 0) is 33.0 Å². The minimum atomic E-state index is -2.06. The molecular weight excluding hydrogens is 698 g/mol. The number of hydrogen-bond acceptors (Lipinski definition) is 11. The van der Waals surface area contributed by atoms with Gasteiger partial charge in [0.05, 0.1) is 17.2 Å². The predicted octanol–water partition coefficient (Wildman–Crippen LogP) is 3.81. The Morgan fingerprint density at radius 2 is 1.90 bits per heavy atom. The number of carbonyl (C=O) groups is 3. The highest BCUT2D eigenvalue weighted by atomic mass is 32.1. The number of hydrogen-bond donors (Lipinski definition) is 3. The van der Waals surface area contributed by atoms with Crippen LogP contribution in [-0.4, -0.2) is 63.5 Å². The molecule has 272 valence electrons. The van der Waals surface area contributed by atoms with Crippen molar-refractivity contribution in [3.05, 3.63) is 112 Å². The Morgan fingerprint density at radius 1 is 1.15 bits per heavy atom. The molecule has 4 N–H and O–H groups in total. The Bertz CT molecular complexity index is 2060. The highest BCUT2D eigenvalue weighted by Crippen LogP contribution is 2.41. The zero-order valence-electron chi connectivity index (χ0n) is 28.7. The van der Waals surface area contributed by atoms with Crippen LogP contribution in [0, 0.1) is 11.6 Å². The van der Waals surface area contributed by atoms with Gasteiger partial charge in [-0.1, -0.05) is 25.1 Å². The standard InChI is InChI=1S/C35H36F2N8O6S/c1-21(33-42-29(17-52-33)23-7-9-24(10-8-23)31(38)47)35(49,27-14-26(36)11-12-28(27)37)18-45-20-44(19-41-45)22(2)51-34(48)43(4)32-25(6-5-13-40-32)16-50-30(46)15-39-3/h5-14,17,19-22,39,49H,15-16,18H2,1-4H3,(H-,38,47)/p+1/t21-,22?,35+/m0/s1. The first kappa shape index (κ1) is 37.6. The van der Waals surface area contributed by atoms with E-state index >= 15 is 4.39 Å². The Kier molecular flexibility index (Phi) is 11.7. The number of nitrogens with zero attached hydrogens (tertiary/aromatic N) is 6. The molecule has 0 saturated heterocycles. The summed E-state index contributed by atoms with van der Waals surface area (Å²) >= 11 is 1.22. The van der Waals surface area contributed by atoms with E-state index < -0.39 is 47.4 Å². The predicted molar refractivity (Wildman–Crippen MR) is 185 cm³/mol. The number of amides is 2. The molecule has 1 unspecified atom stereocenters. The first-order valence-corrected chi connectivity index (χ1v) is 16.8. The number of carbonyl (C=O) groups excluding carboxylic acids is 3. The van der Waals surface area contributed by atoms with Crippen LogP contribution in [0.25, 0.3) is 11.3 Å². The molecule has 3 aromatic heterocycles. The first-order valence-electron chi connectivity index (χ1n) is 16.0. The van der Waals surface area contributed by atoms with Gasteiger partial charge in [-0.3, -0.25) is 14.5 Å². The third-order valence-electron chi connectivity index (χ3n) is 8.33. The number of esters is 1. The number of ether oxygens (including phenoxy) is 2. The molecular formula is C35H37F2N8O6S+. The number of likely N-dealkylation sites (N-methyl/N-ethyl adjacent to an activating group) is 1. The number of anilines is 1. The summed E-state index contributed by atoms with van der Waals surface area (Å²) in [4.78, 5) is 46.6. The topological polar surface area (TPSA) is 179 Å². The molecule has 0 fully saturated rings. The summed E-state index contributed by atoms with van der Waals surface area (Å²) in [7, 11) is 3.07. The minimum Gasteiger partial charge on any atom is -0.460 e. The molecule has 14 nitrogen and oxygen atoms in total. The maximum Gasteiger partial charge on any atom is 0.418 e. The Balaban J connectivity index is 1.35. The van der Waals surface area contributed by atoms with E-state index in [-0.39, 0.29) is 31.1 Å². The van der Waals surface area contributed by atoms with E-state index in [0.717, 1.165) is 18.2 Å². The number of rotatable bonds is 14. The number of pyridine rings is 1. The molecule has 0 spiro atoms. The normalized spacial score (nSPS) is 13.5. The maximum absolute atomic E-state index is 15.3. The lowest BCUT2D eigenvalue weighted by atomic mass is 9.82. The van der Waals surface area contributed by atoms with Gasteiger partial charge < -0.3 is 25.6 Å². The van der Waals surface area contributed by atoms with Crippen molar-refractivity contribution < 1.29 is 42.3 Å². The lowest BCUT2D eigenvalue weighted by Crippen LogP contribution is -2.42. The fourth-order valence-corrected chi connectivity index (χ4v) is 6.31. The summed E-state index contributed by atoms with van der Waals surface area (Å²) in [5.74, 6) is -3.27. The minimum absolute atomic E-state index is 0.0188. The van der Waals surface area contributed by atoms with Crippen LogP contribution in [0.15, 0.2) is 78.8 Å². The molecule has 3 heterocycles. The third kappa shape index (κ3) is 8.44. The molecule has 0 aliphatic heterocycles. The van der Waals surface area contributed by atoms with Gasteiger partial charge in [-0.15, -0.1) is 16.0 Å². The van der Waals surface area contributed by atoms with Gasteiger partial charge >= 0.3 is 12.1 Å². The molecule has 0 aliphatic carbocycles. The second kappa shape index (κ2) is 16.1. The highest BCUT2D eigenvalue weighted by Gasteiger charge is 2.43. The Labute approximate surface area is 301 Å². The summed E-state index contributed by atoms with van der Waals surface area (Å²) in [6.07, 6.45) is 2.61. The summed E-state index contributed by atoms with van der Waals surface area (Å²) in [5, 5.41) is 21.5. The number of aliphatic hydroxyl groups is 1. The number of primary amides is 1. The van der Waals surface area contributed by atoms with Crippen LogP contribution >= 0.6 is 11.3 Å². The van der Waals surface area contributed by atoms with Crippen molar-refractivity contribution in [2.24, 2.45) is 5.73 Å². The lowest BCUT2D eigenvalue weighted by Gasteiger charge is -2.32. The first-order chi connectivity index (χ1) is 24.8. The fraction of sp³-hybridized carbons (Fsp3) is 0.286. The van der Waals surface area contributed by atoms with Crippen LogP contribution in [0.3, 0.4) is 0 Å². The van der Waals surface area contributed by atoms with Crippen molar-refractivity contribution in [3.8, 4) is 11.3 Å². The van der Waals surface area contributed by atoms with E-state index in [1.165, 1.54) is 51.4 Å². The van der Waals surface area contributed by atoms with Crippen molar-refractivity contribution in [1.29, 1.82) is 0 Å². The molecule has 52 heavy (non-hydrogen) atoms. The maximum atomic E-state index is 15.3. The third-order valence-corrected chi connectivity index (χ3v) is 9.36. The molecule has 5 rings (SSSR count). The molecule has 0 radical (unpaired) electrons. The van der Waals surface area contributed by atoms with E-state index in [4.69, 9.17) is 15.2 Å². The molecule has 0 bridgehead atoms. The zero-order chi connectivity index (χ0) is 37.6. The summed E-state index contributed by atoms with van der Waals surface area (Å²) in [6.45, 7) is 2.80. The van der Waals surface area contributed by atoms with E-state index in [1.54, 1.807) is 62.7 Å². The molecule has 5 aromatic rings. The SMILES string of the molecule is CNCC(=O)OCc1cccnc1N(C)C(=O)OC(C)[n+]1cnn(C[C@](O)(c2cc(F)ccc2F)[C@@H](C)c2nc(-c3ccc(C(N)=O)cc3)cs2)c1. The Hall–Kier alpha value is -5.65. The summed E-state index contributed by atoms with van der Waals surface area (Å²) < 4.78 is 43.5. The molecule has 2 aromatic carbocycles. The number of aromatic nitrogens is 5. The Morgan fingerprint density at radius 3 is 2.62 bits per heavy atom. The number of nitrogens with one attached hydrogen (secondary N) is 1. The van der Waals surface area contributed by atoms with Gasteiger partial charge in [0.1, 0.15) is 36.2 Å². The largest absolute Gasteiger partial charge is 0.460 e. The highest BCUT2D eigenvalue weighted by molar-refractivity contribution is 7.10. The lowest BCUT2D eigenvalue weighted by molar-refractivity contribution is -0.753. The number of nitrogens with two attached hydrogens (primary N) is 1. The van der Waals surface area contributed by atoms with Crippen LogP contribution in [0.1, 0.15) is 52.5 Å². The number of thiazole rings is 1. The van der Waals surface area contributed by atoms with E-state index in [9.17, 15) is 23.9 Å².